The van der Waals surface area contributed by atoms with Gasteiger partial charge in [0.2, 0.25) is 5.91 Å². The van der Waals surface area contributed by atoms with Crippen LogP contribution in [-0.4, -0.2) is 18.5 Å². The van der Waals surface area contributed by atoms with E-state index in [4.69, 9.17) is 4.74 Å². The number of unbranched alkanes of at least 4 members (excludes halogenated alkanes) is 7. The van der Waals surface area contributed by atoms with E-state index in [1.807, 2.05) is 0 Å². The summed E-state index contributed by atoms with van der Waals surface area (Å²) in [4.78, 5) is 22.8. The van der Waals surface area contributed by atoms with Crippen molar-refractivity contribution in [3.63, 3.8) is 0 Å². The second-order valence-electron chi connectivity index (χ2n) is 5.87. The van der Waals surface area contributed by atoms with Crippen LogP contribution in [-0.2, 0) is 9.53 Å². The molecule has 0 atom stereocenters. The highest BCUT2D eigenvalue weighted by molar-refractivity contribution is 5.92. The summed E-state index contributed by atoms with van der Waals surface area (Å²) in [7, 11) is 0. The Kier molecular flexibility index (Phi) is 9.76. The molecule has 128 valence electrons. The van der Waals surface area contributed by atoms with Crippen molar-refractivity contribution in [2.24, 2.45) is 0 Å². The van der Waals surface area contributed by atoms with Crippen molar-refractivity contribution in [2.75, 3.05) is 11.9 Å². The van der Waals surface area contributed by atoms with Gasteiger partial charge in [-0.15, -0.1) is 0 Å². The molecule has 1 N–H and O–H groups in total. The first-order valence-corrected chi connectivity index (χ1v) is 8.68. The lowest BCUT2D eigenvalue weighted by atomic mass is 10.1. The fraction of sp³-hybridized carbons (Fsp3) is 0.579. The molecule has 23 heavy (non-hydrogen) atoms. The topological polar surface area (TPSA) is 55.4 Å². The summed E-state index contributed by atoms with van der Waals surface area (Å²) in [6.07, 6.45) is 9.78. The van der Waals surface area contributed by atoms with Crippen molar-refractivity contribution in [3.8, 4) is 0 Å². The van der Waals surface area contributed by atoms with Gasteiger partial charge in [0.15, 0.2) is 0 Å². The molecule has 0 saturated carbocycles. The molecule has 0 unspecified atom stereocenters. The lowest BCUT2D eigenvalue weighted by molar-refractivity contribution is -0.114. The van der Waals surface area contributed by atoms with E-state index in [0.717, 1.165) is 12.8 Å². The van der Waals surface area contributed by atoms with E-state index < -0.39 is 0 Å². The molecule has 0 fully saturated rings. The van der Waals surface area contributed by atoms with Crippen LogP contribution >= 0.6 is 0 Å². The Morgan fingerprint density at radius 3 is 2.04 bits per heavy atom. The Hall–Kier alpha value is -1.84. The number of carbonyl (C=O) groups excluding carboxylic acids is 2. The van der Waals surface area contributed by atoms with Crippen LogP contribution in [0.1, 0.15) is 75.6 Å². The number of amides is 1. The van der Waals surface area contributed by atoms with Gasteiger partial charge in [-0.25, -0.2) is 4.79 Å². The predicted octanol–water partition coefficient (Wildman–Crippen LogP) is 4.94. The average molecular weight is 319 g/mol. The fourth-order valence-electron chi connectivity index (χ4n) is 2.38. The van der Waals surface area contributed by atoms with E-state index >= 15 is 0 Å². The largest absolute Gasteiger partial charge is 0.462 e. The van der Waals surface area contributed by atoms with E-state index in [-0.39, 0.29) is 11.9 Å². The van der Waals surface area contributed by atoms with E-state index in [9.17, 15) is 9.59 Å². The quantitative estimate of drug-likeness (QED) is 0.464. The molecule has 1 aromatic carbocycles. The van der Waals surface area contributed by atoms with Gasteiger partial charge in [0, 0.05) is 12.6 Å². The fourth-order valence-corrected chi connectivity index (χ4v) is 2.38. The van der Waals surface area contributed by atoms with E-state index in [1.165, 1.54) is 45.4 Å². The van der Waals surface area contributed by atoms with Gasteiger partial charge in [-0.1, -0.05) is 51.9 Å². The number of ether oxygens (including phenoxy) is 1. The molecule has 0 aromatic heterocycles. The molecule has 0 aliphatic rings. The van der Waals surface area contributed by atoms with Crippen LogP contribution in [0.25, 0.3) is 0 Å². The summed E-state index contributed by atoms with van der Waals surface area (Å²) >= 11 is 0. The molecule has 0 heterocycles. The minimum absolute atomic E-state index is 0.130. The zero-order valence-corrected chi connectivity index (χ0v) is 14.4. The van der Waals surface area contributed by atoms with Crippen molar-refractivity contribution in [2.45, 2.75) is 65.2 Å². The van der Waals surface area contributed by atoms with E-state index in [0.29, 0.717) is 17.9 Å². The Balaban J connectivity index is 2.13. The molecule has 4 nitrogen and oxygen atoms in total. The normalized spacial score (nSPS) is 10.3. The summed E-state index contributed by atoms with van der Waals surface area (Å²) in [5, 5.41) is 2.66. The van der Waals surface area contributed by atoms with Crippen molar-refractivity contribution < 1.29 is 14.3 Å². The molecular formula is C19H29NO3. The van der Waals surface area contributed by atoms with Crippen LogP contribution in [0.2, 0.25) is 0 Å². The Morgan fingerprint density at radius 2 is 1.48 bits per heavy atom. The van der Waals surface area contributed by atoms with Crippen LogP contribution in [0.15, 0.2) is 24.3 Å². The van der Waals surface area contributed by atoms with Crippen LogP contribution in [0.4, 0.5) is 5.69 Å². The molecule has 0 aliphatic heterocycles. The van der Waals surface area contributed by atoms with Gasteiger partial charge >= 0.3 is 5.97 Å². The maximum Gasteiger partial charge on any atom is 0.338 e. The van der Waals surface area contributed by atoms with E-state index in [1.54, 1.807) is 24.3 Å². The first-order chi connectivity index (χ1) is 11.1. The van der Waals surface area contributed by atoms with Gasteiger partial charge < -0.3 is 10.1 Å². The Labute approximate surface area is 139 Å². The van der Waals surface area contributed by atoms with Crippen LogP contribution in [0.5, 0.6) is 0 Å². The number of benzene rings is 1. The SMILES string of the molecule is CCCCCCCCCCOC(=O)c1ccc(NC(C)=O)cc1. The number of hydrogen-bond donors (Lipinski definition) is 1. The lowest BCUT2D eigenvalue weighted by Gasteiger charge is -2.06. The molecule has 4 heteroatoms. The Bertz CT molecular complexity index is 468. The second-order valence-corrected chi connectivity index (χ2v) is 5.87. The summed E-state index contributed by atoms with van der Waals surface area (Å²) in [5.41, 5.74) is 1.19. The van der Waals surface area contributed by atoms with Gasteiger partial charge in [-0.3, -0.25) is 4.79 Å². The van der Waals surface area contributed by atoms with Gasteiger partial charge in [-0.2, -0.15) is 0 Å². The third-order valence-corrected chi connectivity index (χ3v) is 3.67. The smallest absolute Gasteiger partial charge is 0.338 e. The molecule has 0 saturated heterocycles. The van der Waals surface area contributed by atoms with Crippen molar-refractivity contribution in [1.82, 2.24) is 0 Å². The monoisotopic (exact) mass is 319 g/mol. The number of carbonyl (C=O) groups is 2. The number of esters is 1. The lowest BCUT2D eigenvalue weighted by Crippen LogP contribution is -2.08. The van der Waals surface area contributed by atoms with Gasteiger partial charge in [0.05, 0.1) is 12.2 Å². The van der Waals surface area contributed by atoms with Crippen molar-refractivity contribution >= 4 is 17.6 Å². The van der Waals surface area contributed by atoms with Crippen LogP contribution < -0.4 is 5.32 Å². The summed E-state index contributed by atoms with van der Waals surface area (Å²) < 4.78 is 5.27. The van der Waals surface area contributed by atoms with Gasteiger partial charge in [-0.05, 0) is 30.7 Å². The molecular weight excluding hydrogens is 290 g/mol. The maximum absolute atomic E-state index is 11.9. The second kappa shape index (κ2) is 11.7. The zero-order chi connectivity index (χ0) is 16.9. The minimum atomic E-state index is -0.303. The average Bonchev–Trinajstić information content (AvgIpc) is 2.53. The number of anilines is 1. The van der Waals surface area contributed by atoms with Crippen molar-refractivity contribution in [1.29, 1.82) is 0 Å². The van der Waals surface area contributed by atoms with E-state index in [2.05, 4.69) is 12.2 Å². The molecule has 0 bridgehead atoms. The van der Waals surface area contributed by atoms with Crippen LogP contribution in [0, 0.1) is 0 Å². The third-order valence-electron chi connectivity index (χ3n) is 3.67. The number of rotatable bonds is 11. The summed E-state index contributed by atoms with van der Waals surface area (Å²) in [6.45, 7) is 4.15. The predicted molar refractivity (Wildman–Crippen MR) is 93.6 cm³/mol. The number of nitrogens with one attached hydrogen (secondary N) is 1. The molecule has 1 aromatic rings. The highest BCUT2D eigenvalue weighted by atomic mass is 16.5. The molecule has 0 spiro atoms. The Morgan fingerprint density at radius 1 is 0.913 bits per heavy atom. The molecule has 1 rings (SSSR count). The summed E-state index contributed by atoms with van der Waals surface area (Å²) in [5.74, 6) is -0.433. The van der Waals surface area contributed by atoms with Gasteiger partial charge in [0.1, 0.15) is 0 Å². The maximum atomic E-state index is 11.9. The van der Waals surface area contributed by atoms with Crippen LogP contribution in [0.3, 0.4) is 0 Å². The van der Waals surface area contributed by atoms with Gasteiger partial charge in [0.25, 0.3) is 0 Å². The summed E-state index contributed by atoms with van der Waals surface area (Å²) in [6, 6.07) is 6.74. The highest BCUT2D eigenvalue weighted by Gasteiger charge is 2.06. The standard InChI is InChI=1S/C19H29NO3/c1-3-4-5-6-7-8-9-10-15-23-19(22)17-11-13-18(14-12-17)20-16(2)21/h11-14H,3-10,15H2,1-2H3,(H,20,21). The zero-order valence-electron chi connectivity index (χ0n) is 14.4. The number of hydrogen-bond acceptors (Lipinski definition) is 3. The highest BCUT2D eigenvalue weighted by Crippen LogP contribution is 2.12. The first kappa shape index (κ1) is 19.2. The molecule has 1 amide bonds. The third kappa shape index (κ3) is 9.01. The van der Waals surface area contributed by atoms with Crippen molar-refractivity contribution in [3.05, 3.63) is 29.8 Å². The molecule has 0 radical (unpaired) electrons. The first-order valence-electron chi connectivity index (χ1n) is 8.68. The minimum Gasteiger partial charge on any atom is -0.462 e. The molecule has 0 aliphatic carbocycles.